The van der Waals surface area contributed by atoms with E-state index in [-0.39, 0.29) is 11.7 Å². The van der Waals surface area contributed by atoms with Gasteiger partial charge in [0.2, 0.25) is 0 Å². The molecule has 0 spiro atoms. The lowest BCUT2D eigenvalue weighted by molar-refractivity contribution is -0.143. The highest BCUT2D eigenvalue weighted by Crippen LogP contribution is 2.32. The van der Waals surface area contributed by atoms with Gasteiger partial charge in [0.05, 0.1) is 49.3 Å². The summed E-state index contributed by atoms with van der Waals surface area (Å²) in [6.07, 6.45) is 1.44. The number of fused-ring (bicyclic) bond motifs is 1. The van der Waals surface area contributed by atoms with Crippen LogP contribution in [0.3, 0.4) is 0 Å². The molecule has 2 heterocycles. The second-order valence-corrected chi connectivity index (χ2v) is 9.43. The van der Waals surface area contributed by atoms with Crippen LogP contribution in [0.1, 0.15) is 37.9 Å². The van der Waals surface area contributed by atoms with Crippen molar-refractivity contribution in [2.45, 2.75) is 32.9 Å². The van der Waals surface area contributed by atoms with Gasteiger partial charge in [0.15, 0.2) is 4.80 Å². The second-order valence-electron chi connectivity index (χ2n) is 8.42. The predicted octanol–water partition coefficient (Wildman–Crippen LogP) is 3.21. The van der Waals surface area contributed by atoms with Crippen molar-refractivity contribution in [1.82, 2.24) is 4.57 Å². The van der Waals surface area contributed by atoms with E-state index in [0.29, 0.717) is 37.9 Å². The monoisotopic (exact) mass is 508 g/mol. The molecule has 4 rings (SSSR count). The Morgan fingerprint density at radius 3 is 2.31 bits per heavy atom. The molecular weight excluding hydrogens is 480 g/mol. The highest BCUT2D eigenvalue weighted by atomic mass is 32.1. The van der Waals surface area contributed by atoms with Crippen LogP contribution in [0.25, 0.3) is 6.08 Å². The zero-order valence-corrected chi connectivity index (χ0v) is 21.8. The van der Waals surface area contributed by atoms with Crippen LogP contribution in [0.2, 0.25) is 0 Å². The Morgan fingerprint density at radius 1 is 1.03 bits per heavy atom. The number of methoxy groups -OCH3 is 3. The molecule has 1 atom stereocenters. The summed E-state index contributed by atoms with van der Waals surface area (Å²) in [5.41, 5.74) is 2.04. The molecule has 0 bridgehead atoms. The maximum atomic E-state index is 13.8. The number of ether oxygens (including phenoxy) is 4. The third-order valence-corrected chi connectivity index (χ3v) is 6.73. The average Bonchev–Trinajstić information content (AvgIpc) is 3.17. The number of benzene rings is 2. The van der Waals surface area contributed by atoms with Crippen LogP contribution in [0.15, 0.2) is 63.5 Å². The number of allylic oxidation sites excluding steroid dienone is 1. The molecule has 0 fully saturated rings. The molecule has 0 radical (unpaired) electrons. The van der Waals surface area contributed by atoms with Crippen LogP contribution in [-0.4, -0.2) is 38.0 Å². The number of nitrogens with zero attached hydrogens (tertiary/aromatic N) is 2. The van der Waals surface area contributed by atoms with E-state index in [1.54, 1.807) is 77.0 Å². The van der Waals surface area contributed by atoms with Gasteiger partial charge in [0.1, 0.15) is 17.2 Å². The molecule has 36 heavy (non-hydrogen) atoms. The van der Waals surface area contributed by atoms with E-state index in [1.807, 2.05) is 18.2 Å². The van der Waals surface area contributed by atoms with E-state index in [4.69, 9.17) is 18.9 Å². The van der Waals surface area contributed by atoms with Gasteiger partial charge in [-0.25, -0.2) is 9.79 Å². The molecule has 1 aliphatic heterocycles. The molecule has 8 nitrogen and oxygen atoms in total. The van der Waals surface area contributed by atoms with Gasteiger partial charge < -0.3 is 18.9 Å². The molecule has 0 saturated carbocycles. The van der Waals surface area contributed by atoms with Crippen molar-refractivity contribution < 1.29 is 23.7 Å². The van der Waals surface area contributed by atoms with Crippen LogP contribution in [0.5, 0.6) is 17.2 Å². The van der Waals surface area contributed by atoms with E-state index in [2.05, 4.69) is 4.99 Å². The van der Waals surface area contributed by atoms with Crippen molar-refractivity contribution in [2.75, 3.05) is 21.3 Å². The number of hydrogen-bond acceptors (Lipinski definition) is 8. The zero-order chi connectivity index (χ0) is 26.0. The van der Waals surface area contributed by atoms with Gasteiger partial charge in [-0.2, -0.15) is 0 Å². The number of carbonyl (C=O) groups excluding carboxylic acids is 1. The molecule has 0 amide bonds. The lowest BCUT2D eigenvalue weighted by Crippen LogP contribution is -2.40. The first-order chi connectivity index (χ1) is 17.3. The van der Waals surface area contributed by atoms with Crippen LogP contribution < -0.4 is 29.1 Å². The van der Waals surface area contributed by atoms with Gasteiger partial charge in [0.25, 0.3) is 5.56 Å². The average molecular weight is 509 g/mol. The van der Waals surface area contributed by atoms with Crippen molar-refractivity contribution in [3.8, 4) is 17.2 Å². The smallest absolute Gasteiger partial charge is 0.338 e. The number of esters is 1. The Morgan fingerprint density at radius 2 is 1.69 bits per heavy atom. The summed E-state index contributed by atoms with van der Waals surface area (Å²) in [6, 6.07) is 12.0. The van der Waals surface area contributed by atoms with E-state index < -0.39 is 12.0 Å². The van der Waals surface area contributed by atoms with Gasteiger partial charge in [-0.1, -0.05) is 23.5 Å². The summed E-state index contributed by atoms with van der Waals surface area (Å²) in [5.74, 6) is 1.39. The lowest BCUT2D eigenvalue weighted by atomic mass is 9.96. The molecule has 188 valence electrons. The number of aromatic nitrogens is 1. The molecule has 0 N–H and O–H groups in total. The molecule has 3 aromatic rings. The molecule has 2 aromatic carbocycles. The predicted molar refractivity (Wildman–Crippen MR) is 138 cm³/mol. The quantitative estimate of drug-likeness (QED) is 0.456. The Bertz CT molecular complexity index is 1500. The summed E-state index contributed by atoms with van der Waals surface area (Å²) in [4.78, 5) is 32.1. The van der Waals surface area contributed by atoms with Gasteiger partial charge >= 0.3 is 5.97 Å². The van der Waals surface area contributed by atoms with E-state index >= 15 is 0 Å². The highest BCUT2D eigenvalue weighted by molar-refractivity contribution is 7.07. The standard InChI is InChI=1S/C27H28N2O6S/c1-15(2)35-26(31)23-16(3)28-27-29(24(23)17-7-10-19(32-4)11-8-17)25(30)22(36-27)13-18-9-12-20(33-5)14-21(18)34-6/h7-15,24H,1-6H3/b22-13+. The topological polar surface area (TPSA) is 88.4 Å². The van der Waals surface area contributed by atoms with E-state index in [0.717, 1.165) is 11.1 Å². The van der Waals surface area contributed by atoms with Crippen molar-refractivity contribution in [1.29, 1.82) is 0 Å². The minimum absolute atomic E-state index is 0.264. The first-order valence-corrected chi connectivity index (χ1v) is 12.2. The summed E-state index contributed by atoms with van der Waals surface area (Å²) in [5, 5.41) is 0. The number of rotatable bonds is 7. The first-order valence-electron chi connectivity index (χ1n) is 11.4. The minimum Gasteiger partial charge on any atom is -0.497 e. The number of thiazole rings is 1. The highest BCUT2D eigenvalue weighted by Gasteiger charge is 2.33. The van der Waals surface area contributed by atoms with Gasteiger partial charge in [-0.3, -0.25) is 9.36 Å². The summed E-state index contributed by atoms with van der Waals surface area (Å²) >= 11 is 1.25. The Balaban J connectivity index is 1.93. The maximum Gasteiger partial charge on any atom is 0.338 e. The summed E-state index contributed by atoms with van der Waals surface area (Å²) < 4.78 is 23.6. The van der Waals surface area contributed by atoms with Crippen LogP contribution in [-0.2, 0) is 9.53 Å². The van der Waals surface area contributed by atoms with Crippen molar-refractivity contribution in [3.05, 3.63) is 84.5 Å². The van der Waals surface area contributed by atoms with E-state index in [1.165, 1.54) is 11.3 Å². The maximum absolute atomic E-state index is 13.8. The van der Waals surface area contributed by atoms with Gasteiger partial charge in [-0.15, -0.1) is 0 Å². The van der Waals surface area contributed by atoms with Crippen molar-refractivity contribution >= 4 is 23.4 Å². The third kappa shape index (κ3) is 4.79. The fourth-order valence-electron chi connectivity index (χ4n) is 4.04. The zero-order valence-electron chi connectivity index (χ0n) is 21.0. The van der Waals surface area contributed by atoms with Crippen molar-refractivity contribution in [3.63, 3.8) is 0 Å². The second kappa shape index (κ2) is 10.4. The number of carbonyl (C=O) groups is 1. The van der Waals surface area contributed by atoms with Gasteiger partial charge in [-0.05, 0) is 56.7 Å². The summed E-state index contributed by atoms with van der Waals surface area (Å²) in [6.45, 7) is 5.33. The van der Waals surface area contributed by atoms with E-state index in [9.17, 15) is 9.59 Å². The largest absolute Gasteiger partial charge is 0.497 e. The molecule has 1 aliphatic rings. The first kappa shape index (κ1) is 25.2. The van der Waals surface area contributed by atoms with Crippen LogP contribution >= 0.6 is 11.3 Å². The molecular formula is C27H28N2O6S. The van der Waals surface area contributed by atoms with Crippen LogP contribution in [0.4, 0.5) is 0 Å². The Labute approximate surface area is 212 Å². The Kier molecular flexibility index (Phi) is 7.30. The fraction of sp³-hybridized carbons (Fsp3) is 0.296. The molecule has 0 saturated heterocycles. The summed E-state index contributed by atoms with van der Waals surface area (Å²) in [7, 11) is 4.73. The van der Waals surface area contributed by atoms with Gasteiger partial charge in [0, 0.05) is 11.6 Å². The van der Waals surface area contributed by atoms with Crippen LogP contribution in [0, 0.1) is 0 Å². The minimum atomic E-state index is -0.696. The molecule has 1 unspecified atom stereocenters. The Hall–Kier alpha value is -3.85. The normalized spacial score (nSPS) is 15.4. The van der Waals surface area contributed by atoms with Crippen molar-refractivity contribution in [2.24, 2.45) is 4.99 Å². The fourth-order valence-corrected chi connectivity index (χ4v) is 5.08. The number of hydrogen-bond donors (Lipinski definition) is 0. The molecule has 9 heteroatoms. The lowest BCUT2D eigenvalue weighted by Gasteiger charge is -2.25. The SMILES string of the molecule is COc1ccc(C2C(C(=O)OC(C)C)=C(C)N=c3s/c(=C/c4ccc(OC)cc4OC)c(=O)n32)cc1. The molecule has 1 aromatic heterocycles. The third-order valence-electron chi connectivity index (χ3n) is 5.74. The molecule has 0 aliphatic carbocycles.